The first-order valence-electron chi connectivity index (χ1n) is 11.9. The highest BCUT2D eigenvalue weighted by molar-refractivity contribution is 7.19. The van der Waals surface area contributed by atoms with Gasteiger partial charge in [-0.15, -0.1) is 27.8 Å². The van der Waals surface area contributed by atoms with E-state index in [1.165, 1.54) is 22.7 Å². The number of nitrogens with one attached hydrogen (secondary N) is 1. The summed E-state index contributed by atoms with van der Waals surface area (Å²) in [5.74, 6) is 0.563. The quantitative estimate of drug-likeness (QED) is 0.303. The molecule has 1 saturated heterocycles. The molecule has 0 bridgehead atoms. The lowest BCUT2D eigenvalue weighted by atomic mass is 10.0. The number of carbonyl (C=O) groups is 1. The van der Waals surface area contributed by atoms with E-state index in [2.05, 4.69) is 40.4 Å². The molecule has 0 aromatic carbocycles. The van der Waals surface area contributed by atoms with E-state index in [1.54, 1.807) is 10.7 Å². The van der Waals surface area contributed by atoms with E-state index in [-0.39, 0.29) is 24.0 Å². The van der Waals surface area contributed by atoms with E-state index in [0.29, 0.717) is 27.5 Å². The van der Waals surface area contributed by atoms with Crippen LogP contribution in [0.15, 0.2) is 40.2 Å². The summed E-state index contributed by atoms with van der Waals surface area (Å²) in [6.07, 6.45) is 1.08. The fourth-order valence-electron chi connectivity index (χ4n) is 4.34. The van der Waals surface area contributed by atoms with Crippen molar-refractivity contribution in [2.24, 2.45) is 0 Å². The van der Waals surface area contributed by atoms with Crippen molar-refractivity contribution < 1.29 is 14.1 Å². The Bertz CT molecular complexity index is 1410. The van der Waals surface area contributed by atoms with Crippen molar-refractivity contribution in [1.29, 1.82) is 5.26 Å². The molecule has 1 aliphatic heterocycles. The van der Waals surface area contributed by atoms with Crippen molar-refractivity contribution in [3.8, 4) is 33.2 Å². The predicted molar refractivity (Wildman–Crippen MR) is 143 cm³/mol. The van der Waals surface area contributed by atoms with Crippen LogP contribution in [0.25, 0.3) is 21.2 Å². The van der Waals surface area contributed by atoms with E-state index in [9.17, 15) is 10.1 Å². The third kappa shape index (κ3) is 5.72. The predicted octanol–water partition coefficient (Wildman–Crippen LogP) is 5.86. The Kier molecular flexibility index (Phi) is 7.62. The number of aromatic nitrogens is 3. The number of hydrogen-bond acceptors (Lipinski definition) is 9. The molecule has 5 heterocycles. The van der Waals surface area contributed by atoms with Gasteiger partial charge < -0.3 is 19.5 Å². The van der Waals surface area contributed by atoms with Crippen LogP contribution in [0.4, 0.5) is 4.79 Å². The van der Waals surface area contributed by atoms with Crippen LogP contribution in [0.5, 0.6) is 5.88 Å². The number of thiophene rings is 2. The summed E-state index contributed by atoms with van der Waals surface area (Å²) in [5.41, 5.74) is 1.37. The Morgan fingerprint density at radius 2 is 2.14 bits per heavy atom. The minimum atomic E-state index is -0.611. The van der Waals surface area contributed by atoms with Crippen molar-refractivity contribution in [3.63, 3.8) is 0 Å². The summed E-state index contributed by atoms with van der Waals surface area (Å²) in [5, 5.41) is 23.5. The van der Waals surface area contributed by atoms with Gasteiger partial charge in [0, 0.05) is 31.2 Å². The van der Waals surface area contributed by atoms with Crippen LogP contribution in [-0.2, 0) is 6.54 Å². The molecule has 0 radical (unpaired) electrons. The molecule has 0 atom stereocenters. The molecule has 4 aromatic rings. The van der Waals surface area contributed by atoms with Gasteiger partial charge in [0.2, 0.25) is 0 Å². The molecular formula is C25H25ClN6O3S2. The number of nitriles is 1. The topological polar surface area (TPSA) is 109 Å². The summed E-state index contributed by atoms with van der Waals surface area (Å²) in [6.45, 7) is 6.40. The lowest BCUT2D eigenvalue weighted by Crippen LogP contribution is -2.47. The average molecular weight is 557 g/mol. The van der Waals surface area contributed by atoms with Crippen LogP contribution < -0.4 is 10.1 Å². The first-order valence-corrected chi connectivity index (χ1v) is 14.0. The van der Waals surface area contributed by atoms with E-state index < -0.39 is 6.09 Å². The highest BCUT2D eigenvalue weighted by atomic mass is 35.5. The van der Waals surface area contributed by atoms with Crippen molar-refractivity contribution in [2.45, 2.75) is 45.3 Å². The van der Waals surface area contributed by atoms with E-state index in [0.717, 1.165) is 35.7 Å². The average Bonchev–Trinajstić information content (AvgIpc) is 3.67. The maximum absolute atomic E-state index is 12.8. The molecule has 5 rings (SSSR count). The molecule has 4 aromatic heterocycles. The van der Waals surface area contributed by atoms with E-state index >= 15 is 0 Å². The van der Waals surface area contributed by atoms with Crippen LogP contribution in [0.1, 0.15) is 37.9 Å². The number of ether oxygens (including phenoxy) is 1. The summed E-state index contributed by atoms with van der Waals surface area (Å²) >= 11 is 8.91. The SMILES string of the molecule is CC(C)N1CCC(NC(=O)Oc2nn(Cc3cc(-c4ccc(Cl)s4)on3)c(-c3cccs3)c2C#N)CC1. The smallest absolute Gasteiger partial charge is 0.388 e. The lowest BCUT2D eigenvalue weighted by molar-refractivity contribution is 0.151. The monoisotopic (exact) mass is 556 g/mol. The summed E-state index contributed by atoms with van der Waals surface area (Å²) in [7, 11) is 0. The van der Waals surface area contributed by atoms with Gasteiger partial charge in [-0.3, -0.25) is 4.68 Å². The van der Waals surface area contributed by atoms with Gasteiger partial charge in [0.05, 0.1) is 20.6 Å². The van der Waals surface area contributed by atoms with Crippen LogP contribution in [0.2, 0.25) is 4.34 Å². The molecule has 0 saturated carbocycles. The number of piperidine rings is 1. The molecule has 0 aliphatic carbocycles. The van der Waals surface area contributed by atoms with Crippen LogP contribution in [0, 0.1) is 11.3 Å². The van der Waals surface area contributed by atoms with Gasteiger partial charge in [0.1, 0.15) is 23.0 Å². The second-order valence-electron chi connectivity index (χ2n) is 9.00. The Morgan fingerprint density at radius 3 is 2.78 bits per heavy atom. The first kappa shape index (κ1) is 25.5. The van der Waals surface area contributed by atoms with Gasteiger partial charge in [-0.25, -0.2) is 4.79 Å². The third-order valence-electron chi connectivity index (χ3n) is 6.24. The highest BCUT2D eigenvalue weighted by Gasteiger charge is 2.27. The zero-order chi connectivity index (χ0) is 25.9. The number of amides is 1. The minimum Gasteiger partial charge on any atom is -0.388 e. The number of likely N-dealkylation sites (tertiary alicyclic amines) is 1. The largest absolute Gasteiger partial charge is 0.414 e. The van der Waals surface area contributed by atoms with Gasteiger partial charge in [-0.2, -0.15) is 5.26 Å². The van der Waals surface area contributed by atoms with Crippen molar-refractivity contribution in [3.05, 3.63) is 51.3 Å². The fraction of sp³-hybridized carbons (Fsp3) is 0.360. The zero-order valence-corrected chi connectivity index (χ0v) is 22.7. The second kappa shape index (κ2) is 11.1. The number of carbonyl (C=O) groups excluding carboxylic acids is 1. The van der Waals surface area contributed by atoms with Gasteiger partial charge in [0.25, 0.3) is 5.88 Å². The maximum Gasteiger partial charge on any atom is 0.414 e. The van der Waals surface area contributed by atoms with Crippen LogP contribution in [0.3, 0.4) is 0 Å². The second-order valence-corrected chi connectivity index (χ2v) is 11.7. The number of hydrogen-bond donors (Lipinski definition) is 1. The molecule has 192 valence electrons. The van der Waals surface area contributed by atoms with Gasteiger partial charge >= 0.3 is 6.09 Å². The molecule has 9 nitrogen and oxygen atoms in total. The van der Waals surface area contributed by atoms with Crippen molar-refractivity contribution in [1.82, 2.24) is 25.2 Å². The van der Waals surface area contributed by atoms with E-state index in [4.69, 9.17) is 20.9 Å². The number of rotatable bonds is 7. The molecule has 1 aliphatic rings. The standard InChI is InChI=1S/C25H25ClN6O3S2/c1-15(2)31-9-7-16(8-10-31)28-25(33)34-24-18(13-27)23(21-4-3-11-36-21)32(29-24)14-17-12-19(35-30-17)20-5-6-22(26)37-20/h3-6,11-12,15-16H,7-10,14H2,1-2H3,(H,28,33). The number of halogens is 1. The summed E-state index contributed by atoms with van der Waals surface area (Å²) in [6, 6.07) is 11.9. The molecule has 1 amide bonds. The lowest BCUT2D eigenvalue weighted by Gasteiger charge is -2.34. The molecule has 1 N–H and O–H groups in total. The molecule has 0 spiro atoms. The zero-order valence-electron chi connectivity index (χ0n) is 20.3. The molecule has 12 heteroatoms. The molecule has 1 fully saturated rings. The Labute approximate surface area is 227 Å². The summed E-state index contributed by atoms with van der Waals surface area (Å²) < 4.78 is 13.4. The van der Waals surface area contributed by atoms with Crippen LogP contribution in [-0.4, -0.2) is 51.1 Å². The van der Waals surface area contributed by atoms with Gasteiger partial charge in [0.15, 0.2) is 5.76 Å². The maximum atomic E-state index is 12.8. The van der Waals surface area contributed by atoms with Crippen LogP contribution >= 0.6 is 34.3 Å². The Morgan fingerprint density at radius 1 is 1.32 bits per heavy atom. The Hall–Kier alpha value is -3.17. The van der Waals surface area contributed by atoms with Crippen molar-refractivity contribution >= 4 is 40.4 Å². The fourth-order valence-corrected chi connectivity index (χ4v) is 6.11. The highest BCUT2D eigenvalue weighted by Crippen LogP contribution is 2.35. The minimum absolute atomic E-state index is 0.0196. The molecular weight excluding hydrogens is 532 g/mol. The van der Waals surface area contributed by atoms with E-state index in [1.807, 2.05) is 29.6 Å². The van der Waals surface area contributed by atoms with Gasteiger partial charge in [-0.05, 0) is 50.3 Å². The molecule has 0 unspecified atom stereocenters. The first-order chi connectivity index (χ1) is 17.9. The number of nitrogens with zero attached hydrogens (tertiary/aromatic N) is 5. The molecule has 37 heavy (non-hydrogen) atoms. The normalized spacial score (nSPS) is 14.7. The Balaban J connectivity index is 1.36. The van der Waals surface area contributed by atoms with Gasteiger partial charge in [-0.1, -0.05) is 22.8 Å². The summed E-state index contributed by atoms with van der Waals surface area (Å²) in [4.78, 5) is 16.8. The van der Waals surface area contributed by atoms with Crippen molar-refractivity contribution in [2.75, 3.05) is 13.1 Å². The third-order valence-corrected chi connectivity index (χ3v) is 8.37.